The van der Waals surface area contributed by atoms with Gasteiger partial charge in [-0.2, -0.15) is 0 Å². The largest absolute Gasteiger partial charge is 0.457 e. The van der Waals surface area contributed by atoms with E-state index in [0.717, 1.165) is 45.5 Å². The molecule has 0 saturated heterocycles. The predicted molar refractivity (Wildman–Crippen MR) is 177 cm³/mol. The number of fused-ring (bicyclic) bond motifs is 5. The number of benzene rings is 3. The maximum Gasteiger partial charge on any atom is 0.263 e. The third kappa shape index (κ3) is 4.53. The Kier molecular flexibility index (Phi) is 5.88. The van der Waals surface area contributed by atoms with Crippen LogP contribution in [0.5, 0.6) is 11.5 Å². The maximum absolute atomic E-state index is 6.54. The highest BCUT2D eigenvalue weighted by atomic mass is 16.5. The summed E-state index contributed by atoms with van der Waals surface area (Å²) in [6, 6.07) is 25.6. The SMILES string of the molecule is CC(C)(C)c1ccnc(-n2c3ccc(C(C)(C)C)cc3c3ccc(Oc4cccc(C5=COC6=C7OC=CN7CN56)c4)cc32)c1. The second-order valence-corrected chi connectivity index (χ2v) is 14.0. The summed E-state index contributed by atoms with van der Waals surface area (Å²) in [6.07, 6.45) is 7.27. The summed E-state index contributed by atoms with van der Waals surface area (Å²) in [4.78, 5) is 8.99. The third-order valence-corrected chi connectivity index (χ3v) is 8.79. The molecule has 0 radical (unpaired) electrons. The van der Waals surface area contributed by atoms with Crippen LogP contribution in [0.25, 0.3) is 33.3 Å². The van der Waals surface area contributed by atoms with Crippen LogP contribution in [0.15, 0.2) is 109 Å². The first kappa shape index (κ1) is 27.4. The van der Waals surface area contributed by atoms with Gasteiger partial charge in [-0.3, -0.25) is 14.4 Å². The molecular formula is C38H36N4O3. The van der Waals surface area contributed by atoms with E-state index >= 15 is 0 Å². The molecule has 3 aliphatic heterocycles. The van der Waals surface area contributed by atoms with E-state index in [1.54, 1.807) is 12.5 Å². The minimum atomic E-state index is 0.00110. The van der Waals surface area contributed by atoms with E-state index < -0.39 is 0 Å². The van der Waals surface area contributed by atoms with Gasteiger partial charge in [0.25, 0.3) is 11.8 Å². The fourth-order valence-corrected chi connectivity index (χ4v) is 6.26. The molecule has 0 saturated carbocycles. The zero-order valence-electron chi connectivity index (χ0n) is 26.5. The van der Waals surface area contributed by atoms with Crippen LogP contribution in [0.1, 0.15) is 58.2 Å². The van der Waals surface area contributed by atoms with Crippen molar-refractivity contribution in [2.24, 2.45) is 0 Å². The highest BCUT2D eigenvalue weighted by molar-refractivity contribution is 6.09. The number of rotatable bonds is 4. The quantitative estimate of drug-likeness (QED) is 0.206. The molecule has 0 unspecified atom stereocenters. The standard InChI is InChI=1S/C38H36N4O3/c1-37(2,3)25-10-13-31-30(19-25)29-12-11-28(21-32(29)42(31)34-20-26(14-15-39-34)38(4,5)6)45-27-9-7-8-24(18-27)33-22-44-36-35-40(16-17-43-35)23-41(33)36/h7-22H,23H2,1-6H3. The zero-order valence-corrected chi connectivity index (χ0v) is 26.5. The first-order valence-electron chi connectivity index (χ1n) is 15.4. The molecule has 3 aliphatic rings. The molecule has 45 heavy (non-hydrogen) atoms. The number of hydrogen-bond acceptors (Lipinski definition) is 6. The number of pyridine rings is 1. The van der Waals surface area contributed by atoms with E-state index in [1.165, 1.54) is 21.9 Å². The summed E-state index contributed by atoms with van der Waals surface area (Å²) in [5.74, 6) is 3.82. The van der Waals surface area contributed by atoms with Crippen LogP contribution in [-0.2, 0) is 20.3 Å². The molecule has 0 fully saturated rings. The lowest BCUT2D eigenvalue weighted by Crippen LogP contribution is -2.20. The molecule has 5 heterocycles. The summed E-state index contributed by atoms with van der Waals surface area (Å²) in [5.41, 5.74) is 6.71. The Hall–Kier alpha value is -5.17. The van der Waals surface area contributed by atoms with Crippen molar-refractivity contribution >= 4 is 27.5 Å². The Morgan fingerprint density at radius 3 is 2.36 bits per heavy atom. The zero-order chi connectivity index (χ0) is 31.1. The molecule has 8 rings (SSSR count). The fourth-order valence-electron chi connectivity index (χ4n) is 6.26. The van der Waals surface area contributed by atoms with Crippen LogP contribution in [0, 0.1) is 0 Å². The van der Waals surface area contributed by atoms with Gasteiger partial charge in [0.15, 0.2) is 0 Å². The molecule has 0 N–H and O–H groups in total. The third-order valence-electron chi connectivity index (χ3n) is 8.79. The van der Waals surface area contributed by atoms with Crippen LogP contribution >= 0.6 is 0 Å². The number of nitrogens with zero attached hydrogens (tertiary/aromatic N) is 4. The van der Waals surface area contributed by atoms with Gasteiger partial charge >= 0.3 is 0 Å². The fraction of sp³-hybridized carbons (Fsp3) is 0.237. The average Bonchev–Trinajstić information content (AvgIpc) is 3.76. The van der Waals surface area contributed by atoms with E-state index in [2.05, 4.69) is 106 Å². The molecule has 226 valence electrons. The van der Waals surface area contributed by atoms with E-state index in [0.29, 0.717) is 12.6 Å². The topological polar surface area (TPSA) is 52.0 Å². The number of hydrogen-bond donors (Lipinski definition) is 0. The van der Waals surface area contributed by atoms with E-state index in [9.17, 15) is 0 Å². The van der Waals surface area contributed by atoms with Crippen LogP contribution in [0.3, 0.4) is 0 Å². The first-order valence-corrected chi connectivity index (χ1v) is 15.4. The van der Waals surface area contributed by atoms with Gasteiger partial charge in [0.1, 0.15) is 36.5 Å². The number of ether oxygens (including phenoxy) is 3. The monoisotopic (exact) mass is 596 g/mol. The van der Waals surface area contributed by atoms with Gasteiger partial charge in [-0.15, -0.1) is 0 Å². The van der Waals surface area contributed by atoms with Crippen LogP contribution < -0.4 is 4.74 Å². The van der Waals surface area contributed by atoms with Crippen molar-refractivity contribution in [1.29, 1.82) is 0 Å². The van der Waals surface area contributed by atoms with Crippen molar-refractivity contribution in [2.45, 2.75) is 52.4 Å². The van der Waals surface area contributed by atoms with Gasteiger partial charge in [-0.05, 0) is 70.5 Å². The van der Waals surface area contributed by atoms with Gasteiger partial charge < -0.3 is 14.2 Å². The molecule has 5 aromatic rings. The smallest absolute Gasteiger partial charge is 0.263 e. The van der Waals surface area contributed by atoms with Crippen LogP contribution in [-0.4, -0.2) is 26.0 Å². The van der Waals surface area contributed by atoms with Gasteiger partial charge in [-0.1, -0.05) is 59.7 Å². The molecule has 0 bridgehead atoms. The molecule has 7 nitrogen and oxygen atoms in total. The minimum Gasteiger partial charge on any atom is -0.457 e. The normalized spacial score (nSPS) is 15.9. The summed E-state index contributed by atoms with van der Waals surface area (Å²) >= 11 is 0. The lowest BCUT2D eigenvalue weighted by molar-refractivity contribution is 0.254. The van der Waals surface area contributed by atoms with Gasteiger partial charge in [0.2, 0.25) is 0 Å². The van der Waals surface area contributed by atoms with Crippen molar-refractivity contribution in [3.8, 4) is 17.3 Å². The molecular weight excluding hydrogens is 560 g/mol. The Balaban J connectivity index is 1.20. The van der Waals surface area contributed by atoms with Gasteiger partial charge in [0, 0.05) is 34.8 Å². The Morgan fingerprint density at radius 2 is 1.53 bits per heavy atom. The second kappa shape index (κ2) is 9.66. The highest BCUT2D eigenvalue weighted by Crippen LogP contribution is 2.42. The minimum absolute atomic E-state index is 0.00110. The summed E-state index contributed by atoms with van der Waals surface area (Å²) in [7, 11) is 0. The highest BCUT2D eigenvalue weighted by Gasteiger charge is 2.39. The molecule has 0 amide bonds. The van der Waals surface area contributed by atoms with Crippen molar-refractivity contribution in [1.82, 2.24) is 19.4 Å². The molecule has 2 aromatic heterocycles. The Morgan fingerprint density at radius 1 is 0.733 bits per heavy atom. The van der Waals surface area contributed by atoms with Gasteiger partial charge in [0.05, 0.1) is 16.7 Å². The van der Waals surface area contributed by atoms with E-state index in [4.69, 9.17) is 19.2 Å². The molecule has 0 atom stereocenters. The second-order valence-electron chi connectivity index (χ2n) is 14.0. The van der Waals surface area contributed by atoms with Crippen molar-refractivity contribution in [3.63, 3.8) is 0 Å². The summed E-state index contributed by atoms with van der Waals surface area (Å²) in [5, 5.41) is 2.37. The van der Waals surface area contributed by atoms with Crippen LogP contribution in [0.2, 0.25) is 0 Å². The van der Waals surface area contributed by atoms with Crippen molar-refractivity contribution in [3.05, 3.63) is 126 Å². The van der Waals surface area contributed by atoms with Crippen molar-refractivity contribution < 1.29 is 14.2 Å². The molecule has 3 aromatic carbocycles. The average molecular weight is 597 g/mol. The van der Waals surface area contributed by atoms with Crippen molar-refractivity contribution in [2.75, 3.05) is 6.67 Å². The van der Waals surface area contributed by atoms with Gasteiger partial charge in [-0.25, -0.2) is 4.98 Å². The predicted octanol–water partition coefficient (Wildman–Crippen LogP) is 9.10. The lowest BCUT2D eigenvalue weighted by Gasteiger charge is -2.20. The molecule has 7 heteroatoms. The van der Waals surface area contributed by atoms with E-state index in [1.807, 2.05) is 35.5 Å². The Labute approximate surface area is 263 Å². The van der Waals surface area contributed by atoms with E-state index in [-0.39, 0.29) is 10.8 Å². The molecule has 0 spiro atoms. The number of aromatic nitrogens is 2. The summed E-state index contributed by atoms with van der Waals surface area (Å²) < 4.78 is 20.3. The first-order chi connectivity index (χ1) is 21.5. The summed E-state index contributed by atoms with van der Waals surface area (Å²) in [6.45, 7) is 14.1. The molecule has 0 aliphatic carbocycles. The van der Waals surface area contributed by atoms with Crippen LogP contribution in [0.4, 0.5) is 0 Å². The lowest BCUT2D eigenvalue weighted by atomic mass is 9.86. The Bertz CT molecular complexity index is 2110. The maximum atomic E-state index is 6.54.